The molecule has 0 spiro atoms. The molecule has 0 saturated carbocycles. The third-order valence-corrected chi connectivity index (χ3v) is 5.92. The molecule has 0 aliphatic rings. The summed E-state index contributed by atoms with van der Waals surface area (Å²) in [7, 11) is 0. The van der Waals surface area contributed by atoms with Crippen LogP contribution in [0, 0.1) is 27.7 Å². The van der Waals surface area contributed by atoms with Gasteiger partial charge in [-0.05, 0) is 39.3 Å². The van der Waals surface area contributed by atoms with Gasteiger partial charge in [0.05, 0.1) is 16.4 Å². The van der Waals surface area contributed by atoms with Gasteiger partial charge < -0.3 is 8.83 Å². The summed E-state index contributed by atoms with van der Waals surface area (Å²) in [5, 5.41) is 9.74. The molecule has 0 unspecified atom stereocenters. The van der Waals surface area contributed by atoms with Crippen LogP contribution in [0.15, 0.2) is 38.5 Å². The molecule has 3 aromatic heterocycles. The number of rotatable bonds is 5. The molecule has 4 aromatic rings. The van der Waals surface area contributed by atoms with Crippen LogP contribution in [-0.2, 0) is 5.75 Å². The lowest BCUT2D eigenvalue weighted by Crippen LogP contribution is -1.86. The fourth-order valence-corrected chi connectivity index (χ4v) is 4.26. The van der Waals surface area contributed by atoms with E-state index >= 15 is 0 Å². The van der Waals surface area contributed by atoms with Crippen LogP contribution < -0.4 is 0 Å². The molecule has 4 rings (SSSR count). The summed E-state index contributed by atoms with van der Waals surface area (Å²) in [6, 6.07) is 6.22. The summed E-state index contributed by atoms with van der Waals surface area (Å²) in [4.78, 5) is 9.90. The Kier molecular flexibility index (Phi) is 4.84. The molecule has 0 saturated heterocycles. The topological polar surface area (TPSA) is 77.8 Å². The predicted octanol–water partition coefficient (Wildman–Crippen LogP) is 5.37. The zero-order valence-electron chi connectivity index (χ0n) is 15.4. The van der Waals surface area contributed by atoms with Crippen molar-refractivity contribution in [2.24, 2.45) is 0 Å². The van der Waals surface area contributed by atoms with Gasteiger partial charge in [-0.1, -0.05) is 29.5 Å². The molecule has 0 aliphatic heterocycles. The first kappa shape index (κ1) is 17.9. The van der Waals surface area contributed by atoms with Crippen molar-refractivity contribution in [2.75, 3.05) is 0 Å². The third-order valence-electron chi connectivity index (χ3n) is 4.01. The van der Waals surface area contributed by atoms with Gasteiger partial charge in [-0.3, -0.25) is 0 Å². The van der Waals surface area contributed by atoms with E-state index in [-0.39, 0.29) is 0 Å². The molecule has 0 atom stereocenters. The number of aryl methyl sites for hydroxylation is 4. The Labute approximate surface area is 165 Å². The monoisotopic (exact) mass is 398 g/mol. The third kappa shape index (κ3) is 3.81. The van der Waals surface area contributed by atoms with E-state index in [9.17, 15) is 0 Å². The van der Waals surface area contributed by atoms with Crippen molar-refractivity contribution in [3.63, 3.8) is 0 Å². The zero-order chi connectivity index (χ0) is 19.0. The number of thiazole rings is 1. The largest absolute Gasteiger partial charge is 0.444 e. The van der Waals surface area contributed by atoms with Crippen LogP contribution in [0.2, 0.25) is 0 Å². The van der Waals surface area contributed by atoms with Gasteiger partial charge in [0.1, 0.15) is 11.1 Å². The van der Waals surface area contributed by atoms with Crippen molar-refractivity contribution >= 4 is 23.1 Å². The normalized spacial score (nSPS) is 11.3. The van der Waals surface area contributed by atoms with Gasteiger partial charge in [0.15, 0.2) is 0 Å². The van der Waals surface area contributed by atoms with Gasteiger partial charge >= 0.3 is 0 Å². The standard InChI is InChI=1S/C19H18N4O2S2/c1-10-5-6-15(11(2)7-10)17-21-14(8-24-17)9-26-19-23-22-18(25-19)16-12(3)20-13(4)27-16/h5-8H,9H2,1-4H3. The maximum absolute atomic E-state index is 5.76. The first-order valence-electron chi connectivity index (χ1n) is 8.42. The SMILES string of the molecule is Cc1ccc(-c2nc(CSc3nnc(-c4sc(C)nc4C)o3)co2)c(C)c1. The van der Waals surface area contributed by atoms with Crippen LogP contribution in [-0.4, -0.2) is 20.2 Å². The van der Waals surface area contributed by atoms with E-state index in [1.54, 1.807) is 17.6 Å². The first-order valence-corrected chi connectivity index (χ1v) is 10.2. The highest BCUT2D eigenvalue weighted by molar-refractivity contribution is 7.98. The average Bonchev–Trinajstić information content (AvgIpc) is 3.33. The van der Waals surface area contributed by atoms with Crippen LogP contribution in [0.25, 0.3) is 22.2 Å². The molecule has 0 aliphatic carbocycles. The molecule has 0 fully saturated rings. The minimum absolute atomic E-state index is 0.506. The Morgan fingerprint density at radius 3 is 2.63 bits per heavy atom. The fourth-order valence-electron chi connectivity index (χ4n) is 2.78. The lowest BCUT2D eigenvalue weighted by molar-refractivity contribution is 0.466. The van der Waals surface area contributed by atoms with E-state index in [0.29, 0.717) is 22.8 Å². The Morgan fingerprint density at radius 2 is 1.89 bits per heavy atom. The summed E-state index contributed by atoms with van der Waals surface area (Å²) in [6.07, 6.45) is 1.68. The summed E-state index contributed by atoms with van der Waals surface area (Å²) in [5.41, 5.74) is 5.12. The van der Waals surface area contributed by atoms with E-state index in [2.05, 4.69) is 46.1 Å². The van der Waals surface area contributed by atoms with E-state index in [1.165, 1.54) is 17.3 Å². The molecule has 6 nitrogen and oxygen atoms in total. The Hall–Kier alpha value is -2.45. The van der Waals surface area contributed by atoms with Crippen molar-refractivity contribution in [3.05, 3.63) is 52.0 Å². The quantitative estimate of drug-likeness (QED) is 0.418. The molecule has 0 amide bonds. The van der Waals surface area contributed by atoms with Crippen LogP contribution in [0.4, 0.5) is 0 Å². The lowest BCUT2D eigenvalue weighted by atomic mass is 10.1. The van der Waals surface area contributed by atoms with Gasteiger partial charge in [-0.25, -0.2) is 9.97 Å². The highest BCUT2D eigenvalue weighted by Gasteiger charge is 2.16. The van der Waals surface area contributed by atoms with Gasteiger partial charge in [0, 0.05) is 11.3 Å². The highest BCUT2D eigenvalue weighted by Crippen LogP contribution is 2.32. The van der Waals surface area contributed by atoms with Crippen molar-refractivity contribution in [3.8, 4) is 22.2 Å². The average molecular weight is 399 g/mol. The van der Waals surface area contributed by atoms with Crippen LogP contribution >= 0.6 is 23.1 Å². The van der Waals surface area contributed by atoms with E-state index in [0.717, 1.165) is 32.4 Å². The number of benzene rings is 1. The van der Waals surface area contributed by atoms with E-state index < -0.39 is 0 Å². The molecule has 138 valence electrons. The number of thioether (sulfide) groups is 1. The van der Waals surface area contributed by atoms with Crippen LogP contribution in [0.1, 0.15) is 27.5 Å². The summed E-state index contributed by atoms with van der Waals surface area (Å²) in [5.74, 6) is 1.73. The molecule has 3 heterocycles. The number of hydrogen-bond acceptors (Lipinski definition) is 8. The molecule has 0 N–H and O–H groups in total. The minimum Gasteiger partial charge on any atom is -0.444 e. The lowest BCUT2D eigenvalue weighted by Gasteiger charge is -2.02. The second-order valence-electron chi connectivity index (χ2n) is 6.27. The Bertz CT molecular complexity index is 1100. The Balaban J connectivity index is 1.46. The van der Waals surface area contributed by atoms with Gasteiger partial charge in [-0.15, -0.1) is 21.5 Å². The molecule has 8 heteroatoms. The minimum atomic E-state index is 0.506. The molecule has 0 bridgehead atoms. The number of hydrogen-bond donors (Lipinski definition) is 0. The highest BCUT2D eigenvalue weighted by atomic mass is 32.2. The van der Waals surface area contributed by atoms with E-state index in [4.69, 9.17) is 8.83 Å². The maximum atomic E-state index is 5.76. The molecular weight excluding hydrogens is 380 g/mol. The Morgan fingerprint density at radius 1 is 1.04 bits per heavy atom. The number of aromatic nitrogens is 4. The summed E-state index contributed by atoms with van der Waals surface area (Å²) >= 11 is 2.99. The van der Waals surface area contributed by atoms with Crippen molar-refractivity contribution < 1.29 is 8.83 Å². The summed E-state index contributed by atoms with van der Waals surface area (Å²) in [6.45, 7) is 8.04. The molecular formula is C19H18N4O2S2. The molecule has 0 radical (unpaired) electrons. The predicted molar refractivity (Wildman–Crippen MR) is 106 cm³/mol. The number of oxazole rings is 1. The maximum Gasteiger partial charge on any atom is 0.277 e. The fraction of sp³-hybridized carbons (Fsp3) is 0.263. The van der Waals surface area contributed by atoms with Crippen LogP contribution in [0.3, 0.4) is 0 Å². The second-order valence-corrected chi connectivity index (χ2v) is 8.40. The smallest absolute Gasteiger partial charge is 0.277 e. The van der Waals surface area contributed by atoms with Crippen molar-refractivity contribution in [1.29, 1.82) is 0 Å². The molecule has 1 aromatic carbocycles. The molecule has 27 heavy (non-hydrogen) atoms. The van der Waals surface area contributed by atoms with E-state index in [1.807, 2.05) is 19.9 Å². The summed E-state index contributed by atoms with van der Waals surface area (Å²) < 4.78 is 11.4. The van der Waals surface area contributed by atoms with Crippen molar-refractivity contribution in [1.82, 2.24) is 20.2 Å². The second kappa shape index (κ2) is 7.28. The van der Waals surface area contributed by atoms with Crippen LogP contribution in [0.5, 0.6) is 0 Å². The zero-order valence-corrected chi connectivity index (χ0v) is 17.1. The number of nitrogens with zero attached hydrogens (tertiary/aromatic N) is 4. The van der Waals surface area contributed by atoms with Gasteiger partial charge in [0.25, 0.3) is 11.1 Å². The van der Waals surface area contributed by atoms with Gasteiger partial charge in [0.2, 0.25) is 5.89 Å². The van der Waals surface area contributed by atoms with Crippen molar-refractivity contribution in [2.45, 2.75) is 38.7 Å². The van der Waals surface area contributed by atoms with Gasteiger partial charge in [-0.2, -0.15) is 0 Å². The first-order chi connectivity index (χ1) is 13.0.